The Labute approximate surface area is 234 Å². The maximum absolute atomic E-state index is 7.01. The van der Waals surface area contributed by atoms with Crippen LogP contribution in [0.1, 0.15) is 5.56 Å². The van der Waals surface area contributed by atoms with Crippen molar-refractivity contribution in [3.63, 3.8) is 0 Å². The van der Waals surface area contributed by atoms with Crippen LogP contribution in [0, 0.1) is 6.92 Å². The molecule has 0 aliphatic rings. The molecule has 190 valence electrons. The Balaban J connectivity index is 1.54. The first kappa shape index (κ1) is 21.5. The van der Waals surface area contributed by atoms with Crippen LogP contribution < -0.4 is 0 Å². The van der Waals surface area contributed by atoms with Crippen molar-refractivity contribution >= 4 is 87.0 Å². The Hall–Kier alpha value is -5.34. The lowest BCUT2D eigenvalue weighted by atomic mass is 9.87. The van der Waals surface area contributed by atoms with E-state index in [4.69, 9.17) is 8.83 Å². The zero-order valence-corrected chi connectivity index (χ0v) is 22.3. The molecule has 0 radical (unpaired) electrons. The second-order valence-electron chi connectivity index (χ2n) is 11.2. The van der Waals surface area contributed by atoms with Crippen molar-refractivity contribution in [1.29, 1.82) is 0 Å². The van der Waals surface area contributed by atoms with Gasteiger partial charge in [0.05, 0.1) is 0 Å². The summed E-state index contributed by atoms with van der Waals surface area (Å²) in [4.78, 5) is 0. The van der Waals surface area contributed by atoms with Gasteiger partial charge < -0.3 is 8.83 Å². The van der Waals surface area contributed by atoms with Crippen LogP contribution in [-0.2, 0) is 0 Å². The lowest BCUT2D eigenvalue weighted by Gasteiger charge is -2.20. The standard InChI is InChI=1S/C39H22O2/c1-21-31-27-17-13-23-9-5-11-25-16-20-30(35(27)32(23)25)41-39(31)34(22-7-3-2-4-8-22)37-28-18-14-24-10-6-12-26-15-19-29(40-38(21)37)36(28)33(24)26/h2-20H,1H3. The summed E-state index contributed by atoms with van der Waals surface area (Å²) in [6.07, 6.45) is 0. The third-order valence-electron chi connectivity index (χ3n) is 9.15. The first-order chi connectivity index (χ1) is 20.3. The smallest absolute Gasteiger partial charge is 0.144 e. The van der Waals surface area contributed by atoms with Crippen molar-refractivity contribution in [1.82, 2.24) is 0 Å². The summed E-state index contributed by atoms with van der Waals surface area (Å²) in [5.41, 5.74) is 6.92. The summed E-state index contributed by atoms with van der Waals surface area (Å²) >= 11 is 0. The van der Waals surface area contributed by atoms with E-state index >= 15 is 0 Å². The average molecular weight is 523 g/mol. The van der Waals surface area contributed by atoms with E-state index in [1.807, 2.05) is 0 Å². The molecule has 2 nitrogen and oxygen atoms in total. The summed E-state index contributed by atoms with van der Waals surface area (Å²) in [7, 11) is 0. The molecule has 2 aromatic heterocycles. The zero-order chi connectivity index (χ0) is 26.8. The fraction of sp³-hybridized carbons (Fsp3) is 0.0256. The number of aryl methyl sites for hydroxylation is 1. The van der Waals surface area contributed by atoms with Gasteiger partial charge in [0.2, 0.25) is 0 Å². The van der Waals surface area contributed by atoms with Crippen LogP contribution in [0.5, 0.6) is 0 Å². The highest BCUT2D eigenvalue weighted by Crippen LogP contribution is 2.49. The third kappa shape index (κ3) is 2.63. The fourth-order valence-corrected chi connectivity index (χ4v) is 7.42. The first-order valence-corrected chi connectivity index (χ1v) is 14.1. The van der Waals surface area contributed by atoms with Crippen molar-refractivity contribution in [3.8, 4) is 11.1 Å². The summed E-state index contributed by atoms with van der Waals surface area (Å²) in [5, 5.41) is 14.3. The van der Waals surface area contributed by atoms with E-state index in [2.05, 4.69) is 122 Å². The van der Waals surface area contributed by atoms with Crippen molar-refractivity contribution in [2.75, 3.05) is 0 Å². The van der Waals surface area contributed by atoms with Gasteiger partial charge in [-0.15, -0.1) is 0 Å². The average Bonchev–Trinajstić information content (AvgIpc) is 3.03. The predicted octanol–water partition coefficient (Wildman–Crippen LogP) is 11.5. The molecule has 0 amide bonds. The largest absolute Gasteiger partial charge is 0.456 e. The van der Waals surface area contributed by atoms with E-state index in [0.717, 1.165) is 49.8 Å². The normalized spacial score (nSPS) is 12.5. The fourth-order valence-electron chi connectivity index (χ4n) is 7.42. The lowest BCUT2D eigenvalue weighted by Crippen LogP contribution is -1.95. The summed E-state index contributed by atoms with van der Waals surface area (Å²) < 4.78 is 14.0. The molecule has 2 heterocycles. The molecule has 2 heteroatoms. The van der Waals surface area contributed by atoms with Crippen molar-refractivity contribution in [3.05, 3.63) is 121 Å². The Bertz CT molecular complexity index is 2650. The van der Waals surface area contributed by atoms with Gasteiger partial charge in [0.15, 0.2) is 0 Å². The van der Waals surface area contributed by atoms with Crippen molar-refractivity contribution in [2.45, 2.75) is 6.92 Å². The SMILES string of the molecule is Cc1c2oc3ccc4cccc5ccc(c2c(-c2ccccc2)c2oc6ccc7cccc8ccc(c12)c6c78)c3c45. The molecule has 41 heavy (non-hydrogen) atoms. The van der Waals surface area contributed by atoms with Crippen LogP contribution >= 0.6 is 0 Å². The van der Waals surface area contributed by atoms with Gasteiger partial charge in [-0.05, 0) is 56.9 Å². The van der Waals surface area contributed by atoms with Gasteiger partial charge in [-0.3, -0.25) is 0 Å². The van der Waals surface area contributed by atoms with E-state index in [1.165, 1.54) is 53.9 Å². The molecule has 0 fully saturated rings. The second-order valence-corrected chi connectivity index (χ2v) is 11.2. The molecule has 0 spiro atoms. The van der Waals surface area contributed by atoms with Crippen LogP contribution in [0.4, 0.5) is 0 Å². The maximum Gasteiger partial charge on any atom is 0.144 e. The van der Waals surface area contributed by atoms with Crippen LogP contribution in [0.15, 0.2) is 124 Å². The molecule has 0 saturated heterocycles. The Morgan fingerprint density at radius 2 is 0.902 bits per heavy atom. The minimum atomic E-state index is 0.900. The number of fused-ring (bicyclic) bond motifs is 4. The van der Waals surface area contributed by atoms with Gasteiger partial charge in [-0.1, -0.05) is 103 Å². The molecule has 0 N–H and O–H groups in total. The molecule has 0 saturated carbocycles. The Morgan fingerprint density at radius 1 is 0.390 bits per heavy atom. The molecule has 0 unspecified atom stereocenters. The van der Waals surface area contributed by atoms with Crippen LogP contribution in [0.3, 0.4) is 0 Å². The van der Waals surface area contributed by atoms with Crippen LogP contribution in [0.25, 0.3) is 98.1 Å². The zero-order valence-electron chi connectivity index (χ0n) is 22.3. The van der Waals surface area contributed by atoms with Crippen LogP contribution in [-0.4, -0.2) is 0 Å². The van der Waals surface area contributed by atoms with Crippen molar-refractivity contribution in [2.24, 2.45) is 0 Å². The number of hydrogen-bond acceptors (Lipinski definition) is 2. The van der Waals surface area contributed by atoms with Gasteiger partial charge in [0, 0.05) is 43.4 Å². The minimum absolute atomic E-state index is 0.900. The summed E-state index contributed by atoms with van der Waals surface area (Å²) in [6, 6.07) is 41.3. The Morgan fingerprint density at radius 3 is 1.49 bits per heavy atom. The number of rotatable bonds is 1. The Kier molecular flexibility index (Phi) is 3.90. The van der Waals surface area contributed by atoms with E-state index in [0.29, 0.717) is 0 Å². The van der Waals surface area contributed by atoms with E-state index < -0.39 is 0 Å². The topological polar surface area (TPSA) is 26.3 Å². The van der Waals surface area contributed by atoms with E-state index in [1.54, 1.807) is 0 Å². The molecule has 10 rings (SSSR count). The van der Waals surface area contributed by atoms with Crippen LogP contribution in [0.2, 0.25) is 0 Å². The highest BCUT2D eigenvalue weighted by molar-refractivity contribution is 6.34. The number of hydrogen-bond donors (Lipinski definition) is 0. The van der Waals surface area contributed by atoms with Gasteiger partial charge in [0.25, 0.3) is 0 Å². The predicted molar refractivity (Wildman–Crippen MR) is 172 cm³/mol. The maximum atomic E-state index is 7.01. The summed E-state index contributed by atoms with van der Waals surface area (Å²) in [6.45, 7) is 2.19. The highest BCUT2D eigenvalue weighted by atomic mass is 16.3. The highest BCUT2D eigenvalue weighted by Gasteiger charge is 2.24. The summed E-state index contributed by atoms with van der Waals surface area (Å²) in [5.74, 6) is 0. The molecule has 8 aromatic carbocycles. The molecule has 0 atom stereocenters. The van der Waals surface area contributed by atoms with Gasteiger partial charge in [-0.25, -0.2) is 0 Å². The minimum Gasteiger partial charge on any atom is -0.456 e. The first-order valence-electron chi connectivity index (χ1n) is 14.1. The lowest BCUT2D eigenvalue weighted by molar-refractivity contribution is 0.653. The van der Waals surface area contributed by atoms with E-state index in [9.17, 15) is 0 Å². The molecule has 0 aliphatic heterocycles. The molecule has 0 aliphatic carbocycles. The van der Waals surface area contributed by atoms with Crippen molar-refractivity contribution < 1.29 is 8.83 Å². The molecular weight excluding hydrogens is 500 g/mol. The second kappa shape index (κ2) is 7.44. The molecular formula is C39H22O2. The van der Waals surface area contributed by atoms with Gasteiger partial charge in [-0.2, -0.15) is 0 Å². The monoisotopic (exact) mass is 522 g/mol. The van der Waals surface area contributed by atoms with Gasteiger partial charge >= 0.3 is 0 Å². The third-order valence-corrected chi connectivity index (χ3v) is 9.15. The number of benzene rings is 8. The van der Waals surface area contributed by atoms with E-state index in [-0.39, 0.29) is 0 Å². The van der Waals surface area contributed by atoms with Gasteiger partial charge in [0.1, 0.15) is 22.3 Å². The quantitative estimate of drug-likeness (QED) is 0.158. The molecule has 0 bridgehead atoms. The molecule has 10 aromatic rings.